The minimum atomic E-state index is -0.215. The second-order valence-corrected chi connectivity index (χ2v) is 4.09. The first-order valence-corrected chi connectivity index (χ1v) is 5.50. The number of esters is 1. The summed E-state index contributed by atoms with van der Waals surface area (Å²) in [4.78, 5) is 10.7. The molecule has 0 bridgehead atoms. The highest BCUT2D eigenvalue weighted by molar-refractivity contribution is 5.65. The van der Waals surface area contributed by atoms with E-state index in [2.05, 4.69) is 18.2 Å². The van der Waals surface area contributed by atoms with Crippen LogP contribution in [-0.2, 0) is 29.0 Å². The van der Waals surface area contributed by atoms with Gasteiger partial charge in [0.25, 0.3) is 0 Å². The van der Waals surface area contributed by atoms with Crippen LogP contribution in [-0.4, -0.2) is 5.97 Å². The van der Waals surface area contributed by atoms with Gasteiger partial charge < -0.3 is 4.74 Å². The van der Waals surface area contributed by atoms with Gasteiger partial charge in [-0.3, -0.25) is 4.79 Å². The fourth-order valence-corrected chi connectivity index (χ4v) is 2.06. The topological polar surface area (TPSA) is 26.3 Å². The first kappa shape index (κ1) is 10.2. The van der Waals surface area contributed by atoms with Crippen LogP contribution in [0.1, 0.15) is 36.5 Å². The van der Waals surface area contributed by atoms with Crippen LogP contribution in [0.15, 0.2) is 18.2 Å². The maximum absolute atomic E-state index is 10.7. The molecule has 0 fully saturated rings. The van der Waals surface area contributed by atoms with Crippen LogP contribution in [0.4, 0.5) is 0 Å². The van der Waals surface area contributed by atoms with Gasteiger partial charge in [0.05, 0.1) is 0 Å². The van der Waals surface area contributed by atoms with Crippen LogP contribution in [0.25, 0.3) is 0 Å². The molecule has 80 valence electrons. The van der Waals surface area contributed by atoms with Crippen molar-refractivity contribution >= 4 is 5.97 Å². The summed E-state index contributed by atoms with van der Waals surface area (Å²) in [5.74, 6) is -0.215. The SMILES string of the molecule is CC(=O)OCc1ccc2c(c1)CCCC2. The quantitative estimate of drug-likeness (QED) is 0.692. The van der Waals surface area contributed by atoms with Crippen molar-refractivity contribution < 1.29 is 9.53 Å². The maximum atomic E-state index is 10.7. The van der Waals surface area contributed by atoms with Crippen molar-refractivity contribution in [1.29, 1.82) is 0 Å². The molecule has 0 heterocycles. The summed E-state index contributed by atoms with van der Waals surface area (Å²) in [7, 11) is 0. The molecule has 0 saturated heterocycles. The van der Waals surface area contributed by atoms with Gasteiger partial charge in [-0.2, -0.15) is 0 Å². The molecule has 0 saturated carbocycles. The molecule has 0 atom stereocenters. The van der Waals surface area contributed by atoms with E-state index in [4.69, 9.17) is 4.74 Å². The van der Waals surface area contributed by atoms with Crippen LogP contribution in [0.3, 0.4) is 0 Å². The molecule has 0 unspecified atom stereocenters. The van der Waals surface area contributed by atoms with E-state index in [9.17, 15) is 4.79 Å². The largest absolute Gasteiger partial charge is 0.461 e. The molecular formula is C13H16O2. The lowest BCUT2D eigenvalue weighted by Gasteiger charge is -2.16. The third kappa shape index (κ3) is 2.58. The van der Waals surface area contributed by atoms with Gasteiger partial charge in [-0.05, 0) is 42.4 Å². The Kier molecular flexibility index (Phi) is 3.05. The van der Waals surface area contributed by atoms with Crippen LogP contribution in [0, 0.1) is 0 Å². The lowest BCUT2D eigenvalue weighted by molar-refractivity contribution is -0.142. The van der Waals surface area contributed by atoms with Crippen LogP contribution in [0.5, 0.6) is 0 Å². The number of hydrogen-bond donors (Lipinski definition) is 0. The Morgan fingerprint density at radius 2 is 2.00 bits per heavy atom. The van der Waals surface area contributed by atoms with Crippen molar-refractivity contribution in [3.63, 3.8) is 0 Å². The Balaban J connectivity index is 2.10. The van der Waals surface area contributed by atoms with E-state index in [1.54, 1.807) is 0 Å². The molecule has 0 amide bonds. The zero-order valence-electron chi connectivity index (χ0n) is 9.08. The van der Waals surface area contributed by atoms with Crippen molar-refractivity contribution in [3.8, 4) is 0 Å². The first-order chi connectivity index (χ1) is 7.25. The molecule has 0 N–H and O–H groups in total. The molecule has 0 radical (unpaired) electrons. The fraction of sp³-hybridized carbons (Fsp3) is 0.462. The highest BCUT2D eigenvalue weighted by Crippen LogP contribution is 2.22. The van der Waals surface area contributed by atoms with Gasteiger partial charge in [-0.25, -0.2) is 0 Å². The molecule has 0 aliphatic heterocycles. The average Bonchev–Trinajstić information content (AvgIpc) is 2.26. The monoisotopic (exact) mass is 204 g/mol. The molecule has 2 rings (SSSR count). The van der Waals surface area contributed by atoms with Crippen molar-refractivity contribution in [3.05, 3.63) is 34.9 Å². The van der Waals surface area contributed by atoms with E-state index in [0.29, 0.717) is 6.61 Å². The summed E-state index contributed by atoms with van der Waals surface area (Å²) in [6.07, 6.45) is 4.95. The molecule has 2 nitrogen and oxygen atoms in total. The number of ether oxygens (including phenoxy) is 1. The molecular weight excluding hydrogens is 188 g/mol. The minimum absolute atomic E-state index is 0.215. The van der Waals surface area contributed by atoms with Gasteiger partial charge in [-0.1, -0.05) is 18.2 Å². The predicted octanol–water partition coefficient (Wildman–Crippen LogP) is 2.63. The third-order valence-electron chi connectivity index (χ3n) is 2.86. The van der Waals surface area contributed by atoms with E-state index in [0.717, 1.165) is 5.56 Å². The van der Waals surface area contributed by atoms with Gasteiger partial charge in [0, 0.05) is 6.92 Å². The fourth-order valence-electron chi connectivity index (χ4n) is 2.06. The molecule has 1 aliphatic carbocycles. The summed E-state index contributed by atoms with van der Waals surface area (Å²) < 4.78 is 4.98. The van der Waals surface area contributed by atoms with Gasteiger partial charge in [-0.15, -0.1) is 0 Å². The van der Waals surface area contributed by atoms with Crippen LogP contribution in [0.2, 0.25) is 0 Å². The van der Waals surface area contributed by atoms with Crippen LogP contribution >= 0.6 is 0 Å². The normalized spacial score (nSPS) is 14.5. The Morgan fingerprint density at radius 3 is 2.73 bits per heavy atom. The molecule has 1 aromatic rings. The molecule has 1 aliphatic rings. The Labute approximate surface area is 90.3 Å². The standard InChI is InChI=1S/C13H16O2/c1-10(14)15-9-11-6-7-12-4-2-3-5-13(12)8-11/h6-8H,2-5,9H2,1H3. The zero-order valence-corrected chi connectivity index (χ0v) is 9.08. The van der Waals surface area contributed by atoms with Gasteiger partial charge >= 0.3 is 5.97 Å². The van der Waals surface area contributed by atoms with Gasteiger partial charge in [0.1, 0.15) is 6.61 Å². The average molecular weight is 204 g/mol. The van der Waals surface area contributed by atoms with E-state index in [1.807, 2.05) is 0 Å². The van der Waals surface area contributed by atoms with E-state index in [-0.39, 0.29) is 5.97 Å². The van der Waals surface area contributed by atoms with Crippen molar-refractivity contribution in [1.82, 2.24) is 0 Å². The summed E-state index contributed by atoms with van der Waals surface area (Å²) >= 11 is 0. The van der Waals surface area contributed by atoms with Gasteiger partial charge in [0.15, 0.2) is 0 Å². The lowest BCUT2D eigenvalue weighted by atomic mass is 9.90. The highest BCUT2D eigenvalue weighted by atomic mass is 16.5. The number of carbonyl (C=O) groups excluding carboxylic acids is 1. The Hall–Kier alpha value is -1.31. The van der Waals surface area contributed by atoms with Crippen molar-refractivity contribution in [2.24, 2.45) is 0 Å². The summed E-state index contributed by atoms with van der Waals surface area (Å²) in [5, 5.41) is 0. The molecule has 0 spiro atoms. The molecule has 0 aromatic heterocycles. The molecule has 2 heteroatoms. The summed E-state index contributed by atoms with van der Waals surface area (Å²) in [6.45, 7) is 1.85. The zero-order chi connectivity index (χ0) is 10.7. The first-order valence-electron chi connectivity index (χ1n) is 5.50. The van der Waals surface area contributed by atoms with Crippen LogP contribution < -0.4 is 0 Å². The number of benzene rings is 1. The summed E-state index contributed by atoms with van der Waals surface area (Å²) in [5.41, 5.74) is 4.00. The molecule has 1 aromatic carbocycles. The van der Waals surface area contributed by atoms with Gasteiger partial charge in [0.2, 0.25) is 0 Å². The maximum Gasteiger partial charge on any atom is 0.302 e. The minimum Gasteiger partial charge on any atom is -0.461 e. The molecule has 15 heavy (non-hydrogen) atoms. The Morgan fingerprint density at radius 1 is 1.27 bits per heavy atom. The lowest BCUT2D eigenvalue weighted by Crippen LogP contribution is -2.04. The number of carbonyl (C=O) groups is 1. The highest BCUT2D eigenvalue weighted by Gasteiger charge is 2.09. The second-order valence-electron chi connectivity index (χ2n) is 4.09. The number of aryl methyl sites for hydroxylation is 2. The van der Waals surface area contributed by atoms with Crippen molar-refractivity contribution in [2.45, 2.75) is 39.2 Å². The Bertz CT molecular complexity index is 369. The number of fused-ring (bicyclic) bond motifs is 1. The van der Waals surface area contributed by atoms with Crippen molar-refractivity contribution in [2.75, 3.05) is 0 Å². The number of rotatable bonds is 2. The van der Waals surface area contributed by atoms with E-state index < -0.39 is 0 Å². The van der Waals surface area contributed by atoms with E-state index in [1.165, 1.54) is 43.7 Å². The smallest absolute Gasteiger partial charge is 0.302 e. The predicted molar refractivity (Wildman–Crippen MR) is 58.6 cm³/mol. The number of hydrogen-bond acceptors (Lipinski definition) is 2. The summed E-state index contributed by atoms with van der Waals surface area (Å²) in [6, 6.07) is 6.41. The third-order valence-corrected chi connectivity index (χ3v) is 2.86. The van der Waals surface area contributed by atoms with E-state index >= 15 is 0 Å². The second kappa shape index (κ2) is 4.47.